The lowest BCUT2D eigenvalue weighted by atomic mass is 9.91. The monoisotopic (exact) mass is 533 g/mol. The molecule has 0 aromatic heterocycles. The highest BCUT2D eigenvalue weighted by Crippen LogP contribution is 2.36. The van der Waals surface area contributed by atoms with Gasteiger partial charge < -0.3 is 4.90 Å². The fourth-order valence-corrected chi connectivity index (χ4v) is 5.11. The van der Waals surface area contributed by atoms with E-state index in [0.717, 1.165) is 17.8 Å². The lowest BCUT2D eigenvalue weighted by Crippen LogP contribution is -2.17. The molecule has 0 radical (unpaired) electrons. The number of rotatable bonds is 8. The van der Waals surface area contributed by atoms with E-state index in [1.54, 1.807) is 0 Å². The van der Waals surface area contributed by atoms with Crippen LogP contribution in [0.3, 0.4) is 0 Å². The predicted molar refractivity (Wildman–Crippen MR) is 178 cm³/mol. The van der Waals surface area contributed by atoms with Gasteiger partial charge in [-0.25, -0.2) is 0 Å². The number of aryl methyl sites for hydroxylation is 2. The number of nitrogens with zero attached hydrogens (tertiary/aromatic N) is 1. The fraction of sp³-hybridized carbons (Fsp3) is 0.150. The van der Waals surface area contributed by atoms with Gasteiger partial charge in [0.05, 0.1) is 0 Å². The molecule has 1 aliphatic rings. The Balaban J connectivity index is 1.46. The quantitative estimate of drug-likeness (QED) is 0.204. The summed E-state index contributed by atoms with van der Waals surface area (Å²) in [5.74, 6) is 0.391. The van der Waals surface area contributed by atoms with Gasteiger partial charge in [0.2, 0.25) is 0 Å². The van der Waals surface area contributed by atoms with Crippen molar-refractivity contribution in [1.82, 2.24) is 0 Å². The van der Waals surface area contributed by atoms with Crippen molar-refractivity contribution >= 4 is 11.4 Å². The Labute approximate surface area is 246 Å². The van der Waals surface area contributed by atoms with Gasteiger partial charge in [0.15, 0.2) is 0 Å². The number of hydrogen-bond donors (Lipinski definition) is 0. The summed E-state index contributed by atoms with van der Waals surface area (Å²) >= 11 is 0. The van der Waals surface area contributed by atoms with Gasteiger partial charge in [-0.1, -0.05) is 132 Å². The van der Waals surface area contributed by atoms with Crippen LogP contribution in [0, 0.1) is 19.8 Å². The largest absolute Gasteiger partial charge is 0.311 e. The molecule has 4 aromatic carbocycles. The van der Waals surface area contributed by atoms with Crippen LogP contribution in [-0.2, 0) is 0 Å². The van der Waals surface area contributed by atoms with E-state index >= 15 is 0 Å². The third kappa shape index (κ3) is 6.76. The molecule has 1 aliphatic carbocycles. The molecular weight excluding hydrogens is 494 g/mol. The number of hydrogen-bond acceptors (Lipinski definition) is 1. The second-order valence-corrected chi connectivity index (χ2v) is 11.0. The maximum atomic E-state index is 3.86. The fourth-order valence-electron chi connectivity index (χ4n) is 5.11. The zero-order valence-corrected chi connectivity index (χ0v) is 24.6. The van der Waals surface area contributed by atoms with E-state index in [2.05, 4.69) is 167 Å². The summed E-state index contributed by atoms with van der Waals surface area (Å²) in [7, 11) is 0. The van der Waals surface area contributed by atoms with Gasteiger partial charge in [0.1, 0.15) is 0 Å². The smallest absolute Gasteiger partial charge is 0.0461 e. The van der Waals surface area contributed by atoms with Crippen LogP contribution >= 0.6 is 0 Å². The molecule has 0 saturated heterocycles. The molecule has 0 spiro atoms. The van der Waals surface area contributed by atoms with Gasteiger partial charge in [-0.05, 0) is 86.7 Å². The molecule has 0 bridgehead atoms. The standard InChI is InChI=1S/C40H39N/c1-6-29(2)7-12-32(5)33-17-23-38(24-18-33)41(39-25-19-36(20-26-39)34-13-8-30(3)9-14-34)40-27-21-37(22-28-40)35-15-10-31(4)11-16-35/h6-17,19-28,33H,1,18H2,2-5H3/b29-7-,32-12+. The summed E-state index contributed by atoms with van der Waals surface area (Å²) in [6.07, 6.45) is 14.2. The minimum atomic E-state index is 0.391. The Morgan fingerprint density at radius 3 is 1.49 bits per heavy atom. The molecule has 0 aliphatic heterocycles. The topological polar surface area (TPSA) is 3.24 Å². The summed E-state index contributed by atoms with van der Waals surface area (Å²) in [6.45, 7) is 12.4. The Hall–Kier alpha value is -4.62. The van der Waals surface area contributed by atoms with E-state index in [9.17, 15) is 0 Å². The van der Waals surface area contributed by atoms with E-state index in [1.807, 2.05) is 6.08 Å². The summed E-state index contributed by atoms with van der Waals surface area (Å²) in [5, 5.41) is 0. The zero-order chi connectivity index (χ0) is 28.8. The Morgan fingerprint density at radius 1 is 0.659 bits per heavy atom. The molecule has 1 atom stereocenters. The molecule has 0 N–H and O–H groups in total. The number of benzene rings is 4. The van der Waals surface area contributed by atoms with Gasteiger partial charge in [-0.2, -0.15) is 0 Å². The van der Waals surface area contributed by atoms with Crippen molar-refractivity contribution in [3.63, 3.8) is 0 Å². The predicted octanol–water partition coefficient (Wildman–Crippen LogP) is 11.3. The van der Waals surface area contributed by atoms with Gasteiger partial charge in [0, 0.05) is 23.0 Å². The molecule has 1 heteroatoms. The van der Waals surface area contributed by atoms with Crippen LogP contribution < -0.4 is 4.90 Å². The first-order valence-electron chi connectivity index (χ1n) is 14.4. The van der Waals surface area contributed by atoms with E-state index < -0.39 is 0 Å². The summed E-state index contributed by atoms with van der Waals surface area (Å²) < 4.78 is 0. The second kappa shape index (κ2) is 12.7. The average molecular weight is 534 g/mol. The third-order valence-electron chi connectivity index (χ3n) is 7.88. The Morgan fingerprint density at radius 2 is 1.10 bits per heavy atom. The average Bonchev–Trinajstić information content (AvgIpc) is 3.02. The summed E-state index contributed by atoms with van der Waals surface area (Å²) in [5.41, 5.74) is 13.5. The van der Waals surface area contributed by atoms with E-state index in [1.165, 1.54) is 50.2 Å². The molecule has 5 rings (SSSR count). The number of allylic oxidation sites excluding steroid dienone is 8. The molecule has 4 aromatic rings. The maximum Gasteiger partial charge on any atom is 0.0461 e. The van der Waals surface area contributed by atoms with Crippen LogP contribution in [0.15, 0.2) is 157 Å². The lowest BCUT2D eigenvalue weighted by molar-refractivity contribution is 0.757. The Bertz CT molecular complexity index is 1520. The third-order valence-corrected chi connectivity index (χ3v) is 7.88. The molecule has 1 unspecified atom stereocenters. The normalized spacial score (nSPS) is 15.4. The number of anilines is 2. The highest BCUT2D eigenvalue weighted by atomic mass is 15.1. The molecule has 204 valence electrons. The highest BCUT2D eigenvalue weighted by molar-refractivity contribution is 5.76. The van der Waals surface area contributed by atoms with Crippen LogP contribution in [0.25, 0.3) is 22.3 Å². The highest BCUT2D eigenvalue weighted by Gasteiger charge is 2.18. The van der Waals surface area contributed by atoms with Gasteiger partial charge in [0.25, 0.3) is 0 Å². The first-order chi connectivity index (χ1) is 19.9. The molecule has 0 amide bonds. The SMILES string of the molecule is C=C/C(C)=C\C=C(/C)C1C=CC(N(c2ccc(-c3ccc(C)cc3)cc2)c2ccc(-c3ccc(C)cc3)cc2)=CC1. The molecule has 41 heavy (non-hydrogen) atoms. The minimum Gasteiger partial charge on any atom is -0.311 e. The van der Waals surface area contributed by atoms with Gasteiger partial charge >= 0.3 is 0 Å². The van der Waals surface area contributed by atoms with Crippen LogP contribution in [-0.4, -0.2) is 0 Å². The van der Waals surface area contributed by atoms with Crippen molar-refractivity contribution in [3.8, 4) is 22.3 Å². The second-order valence-electron chi connectivity index (χ2n) is 11.0. The van der Waals surface area contributed by atoms with E-state index in [0.29, 0.717) is 5.92 Å². The molecule has 0 saturated carbocycles. The molecule has 0 heterocycles. The van der Waals surface area contributed by atoms with Gasteiger partial charge in [-0.3, -0.25) is 0 Å². The molecule has 0 fully saturated rings. The van der Waals surface area contributed by atoms with Crippen LogP contribution in [0.4, 0.5) is 11.4 Å². The van der Waals surface area contributed by atoms with Crippen LogP contribution in [0.2, 0.25) is 0 Å². The van der Waals surface area contributed by atoms with Gasteiger partial charge in [-0.15, -0.1) is 0 Å². The summed E-state index contributed by atoms with van der Waals surface area (Å²) in [4.78, 5) is 2.37. The summed E-state index contributed by atoms with van der Waals surface area (Å²) in [6, 6.07) is 35.3. The lowest BCUT2D eigenvalue weighted by Gasteiger charge is -2.29. The van der Waals surface area contributed by atoms with Crippen molar-refractivity contribution in [2.75, 3.05) is 4.90 Å². The van der Waals surface area contributed by atoms with Crippen LogP contribution in [0.1, 0.15) is 31.4 Å². The molecular formula is C40H39N. The van der Waals surface area contributed by atoms with E-state index in [-0.39, 0.29) is 0 Å². The zero-order valence-electron chi connectivity index (χ0n) is 24.6. The van der Waals surface area contributed by atoms with E-state index in [4.69, 9.17) is 0 Å². The van der Waals surface area contributed by atoms with Crippen molar-refractivity contribution in [3.05, 3.63) is 168 Å². The van der Waals surface area contributed by atoms with Crippen molar-refractivity contribution in [2.45, 2.75) is 34.1 Å². The van der Waals surface area contributed by atoms with Crippen LogP contribution in [0.5, 0.6) is 0 Å². The minimum absolute atomic E-state index is 0.391. The Kier molecular flexibility index (Phi) is 8.65. The first-order valence-corrected chi connectivity index (χ1v) is 14.4. The molecule has 1 nitrogen and oxygen atoms in total. The van der Waals surface area contributed by atoms with Crippen molar-refractivity contribution in [1.29, 1.82) is 0 Å². The first kappa shape index (κ1) is 27.9. The van der Waals surface area contributed by atoms with Crippen molar-refractivity contribution in [2.24, 2.45) is 5.92 Å². The van der Waals surface area contributed by atoms with Crippen molar-refractivity contribution < 1.29 is 0 Å². The maximum absolute atomic E-state index is 3.86.